The number of piperidine rings is 1. The summed E-state index contributed by atoms with van der Waals surface area (Å²) in [6, 6.07) is 10.4. The highest BCUT2D eigenvalue weighted by atomic mass is 19.4. The highest BCUT2D eigenvalue weighted by Crippen LogP contribution is 2.32. The SMILES string of the molecule is COc1ccc(CO)cc1O.FC(F)(F)c1ccc(C2CCNCC2)cc1. The van der Waals surface area contributed by atoms with Crippen molar-refractivity contribution in [2.75, 3.05) is 20.2 Å². The minimum Gasteiger partial charge on any atom is -0.504 e. The fourth-order valence-corrected chi connectivity index (χ4v) is 2.93. The van der Waals surface area contributed by atoms with Gasteiger partial charge in [0.25, 0.3) is 0 Å². The molecule has 0 bridgehead atoms. The average Bonchev–Trinajstić information content (AvgIpc) is 2.68. The Bertz CT molecular complexity index is 711. The summed E-state index contributed by atoms with van der Waals surface area (Å²) in [5.41, 5.74) is 1.13. The van der Waals surface area contributed by atoms with Crippen LogP contribution in [0.3, 0.4) is 0 Å². The van der Waals surface area contributed by atoms with Crippen LogP contribution in [-0.4, -0.2) is 30.4 Å². The van der Waals surface area contributed by atoms with Crippen LogP contribution in [0, 0.1) is 0 Å². The van der Waals surface area contributed by atoms with Gasteiger partial charge in [0.2, 0.25) is 0 Å². The van der Waals surface area contributed by atoms with E-state index in [1.807, 2.05) is 0 Å². The molecule has 1 saturated heterocycles. The Morgan fingerprint density at radius 2 is 1.70 bits per heavy atom. The first-order chi connectivity index (χ1) is 12.8. The summed E-state index contributed by atoms with van der Waals surface area (Å²) in [4.78, 5) is 0. The summed E-state index contributed by atoms with van der Waals surface area (Å²) in [6.45, 7) is 1.83. The molecule has 0 spiro atoms. The topological polar surface area (TPSA) is 61.7 Å². The number of rotatable bonds is 3. The molecule has 0 unspecified atom stereocenters. The highest BCUT2D eigenvalue weighted by Gasteiger charge is 2.30. The van der Waals surface area contributed by atoms with Crippen molar-refractivity contribution in [1.29, 1.82) is 0 Å². The molecule has 1 heterocycles. The zero-order valence-corrected chi connectivity index (χ0v) is 15.1. The van der Waals surface area contributed by atoms with Crippen molar-refractivity contribution in [2.24, 2.45) is 0 Å². The van der Waals surface area contributed by atoms with Gasteiger partial charge in [-0.25, -0.2) is 0 Å². The van der Waals surface area contributed by atoms with E-state index in [0.717, 1.165) is 31.5 Å². The first kappa shape index (κ1) is 21.1. The van der Waals surface area contributed by atoms with Gasteiger partial charge in [-0.15, -0.1) is 0 Å². The Kier molecular flexibility index (Phi) is 7.50. The number of phenolic OH excluding ortho intramolecular Hbond substituents is 1. The van der Waals surface area contributed by atoms with Crippen LogP contribution < -0.4 is 10.1 Å². The molecule has 2 aromatic carbocycles. The van der Waals surface area contributed by atoms with Crippen LogP contribution in [0.25, 0.3) is 0 Å². The number of hydrogen-bond acceptors (Lipinski definition) is 4. The molecule has 7 heteroatoms. The molecule has 1 fully saturated rings. The first-order valence-corrected chi connectivity index (χ1v) is 8.69. The fourth-order valence-electron chi connectivity index (χ4n) is 2.93. The second kappa shape index (κ2) is 9.62. The molecule has 1 aliphatic heterocycles. The number of phenols is 1. The fraction of sp³-hybridized carbons (Fsp3) is 0.400. The van der Waals surface area contributed by atoms with Crippen molar-refractivity contribution in [2.45, 2.75) is 31.5 Å². The van der Waals surface area contributed by atoms with Crippen LogP contribution in [0.4, 0.5) is 13.2 Å². The smallest absolute Gasteiger partial charge is 0.416 e. The molecule has 3 N–H and O–H groups in total. The summed E-state index contributed by atoms with van der Waals surface area (Å²) in [5, 5.41) is 21.1. The maximum absolute atomic E-state index is 12.4. The van der Waals surface area contributed by atoms with Gasteiger partial charge in [-0.1, -0.05) is 18.2 Å². The van der Waals surface area contributed by atoms with E-state index in [0.29, 0.717) is 17.2 Å². The Morgan fingerprint density at radius 3 is 2.19 bits per heavy atom. The summed E-state index contributed by atoms with van der Waals surface area (Å²) in [6.07, 6.45) is -2.22. The monoisotopic (exact) mass is 383 g/mol. The standard InChI is InChI=1S/C12H14F3N.C8H10O3/c13-12(14,15)11-3-1-9(2-4-11)10-5-7-16-8-6-10;1-11-8-3-2-6(5-9)4-7(8)10/h1-4,10,16H,5-8H2;2-4,9-10H,5H2,1H3. The molecule has 27 heavy (non-hydrogen) atoms. The number of ether oxygens (including phenoxy) is 1. The van der Waals surface area contributed by atoms with Crippen LogP contribution in [0.5, 0.6) is 11.5 Å². The molecule has 0 saturated carbocycles. The Hall–Kier alpha value is -2.25. The van der Waals surface area contributed by atoms with Gasteiger partial charge in [0.15, 0.2) is 11.5 Å². The van der Waals surface area contributed by atoms with Gasteiger partial charge in [0.1, 0.15) is 0 Å². The first-order valence-electron chi connectivity index (χ1n) is 8.69. The van der Waals surface area contributed by atoms with Gasteiger partial charge in [0.05, 0.1) is 19.3 Å². The van der Waals surface area contributed by atoms with E-state index in [1.165, 1.54) is 25.3 Å². The number of nitrogens with one attached hydrogen (secondary N) is 1. The third-order valence-corrected chi connectivity index (χ3v) is 4.47. The molecule has 0 aromatic heterocycles. The lowest BCUT2D eigenvalue weighted by molar-refractivity contribution is -0.137. The van der Waals surface area contributed by atoms with Crippen LogP contribution in [0.1, 0.15) is 35.4 Å². The summed E-state index contributed by atoms with van der Waals surface area (Å²) in [7, 11) is 1.48. The van der Waals surface area contributed by atoms with Gasteiger partial charge in [-0.2, -0.15) is 13.2 Å². The Balaban J connectivity index is 0.000000208. The van der Waals surface area contributed by atoms with Gasteiger partial charge >= 0.3 is 6.18 Å². The predicted octanol–water partition coefficient (Wildman–Crippen LogP) is 4.07. The number of aliphatic hydroxyl groups excluding tert-OH is 1. The summed E-state index contributed by atoms with van der Waals surface area (Å²) in [5.74, 6) is 0.879. The van der Waals surface area contributed by atoms with Crippen molar-refractivity contribution < 1.29 is 28.1 Å². The van der Waals surface area contributed by atoms with E-state index in [4.69, 9.17) is 9.84 Å². The van der Waals surface area contributed by atoms with Gasteiger partial charge in [-0.3, -0.25) is 0 Å². The predicted molar refractivity (Wildman–Crippen MR) is 96.9 cm³/mol. The van der Waals surface area contributed by atoms with Crippen LogP contribution in [-0.2, 0) is 12.8 Å². The van der Waals surface area contributed by atoms with E-state index >= 15 is 0 Å². The van der Waals surface area contributed by atoms with Gasteiger partial charge in [0, 0.05) is 0 Å². The third kappa shape index (κ3) is 6.15. The second-order valence-corrected chi connectivity index (χ2v) is 6.31. The van der Waals surface area contributed by atoms with E-state index in [-0.39, 0.29) is 12.4 Å². The molecule has 0 atom stereocenters. The average molecular weight is 383 g/mol. The maximum Gasteiger partial charge on any atom is 0.416 e. The Labute approximate surface area is 156 Å². The van der Waals surface area contributed by atoms with Crippen molar-refractivity contribution in [1.82, 2.24) is 5.32 Å². The third-order valence-electron chi connectivity index (χ3n) is 4.47. The summed E-state index contributed by atoms with van der Waals surface area (Å²) >= 11 is 0. The number of benzene rings is 2. The normalized spacial score (nSPS) is 15.0. The quantitative estimate of drug-likeness (QED) is 0.748. The lowest BCUT2D eigenvalue weighted by Crippen LogP contribution is -2.26. The lowest BCUT2D eigenvalue weighted by atomic mass is 9.90. The minimum absolute atomic E-state index is 0.0547. The molecule has 0 radical (unpaired) electrons. The molecule has 1 aliphatic rings. The number of hydrogen-bond donors (Lipinski definition) is 3. The number of halogens is 3. The van der Waals surface area contributed by atoms with Crippen molar-refractivity contribution >= 4 is 0 Å². The van der Waals surface area contributed by atoms with E-state index in [9.17, 15) is 18.3 Å². The second-order valence-electron chi connectivity index (χ2n) is 6.31. The van der Waals surface area contributed by atoms with Crippen LogP contribution in [0.2, 0.25) is 0 Å². The van der Waals surface area contributed by atoms with E-state index < -0.39 is 11.7 Å². The molecule has 4 nitrogen and oxygen atoms in total. The van der Waals surface area contributed by atoms with Crippen LogP contribution >= 0.6 is 0 Å². The zero-order valence-electron chi connectivity index (χ0n) is 15.1. The van der Waals surface area contributed by atoms with Crippen molar-refractivity contribution in [3.63, 3.8) is 0 Å². The largest absolute Gasteiger partial charge is 0.504 e. The molecule has 3 rings (SSSR count). The van der Waals surface area contributed by atoms with Crippen LogP contribution in [0.15, 0.2) is 42.5 Å². The van der Waals surface area contributed by atoms with Gasteiger partial charge in [-0.05, 0) is 67.2 Å². The summed E-state index contributed by atoms with van der Waals surface area (Å²) < 4.78 is 41.9. The highest BCUT2D eigenvalue weighted by molar-refractivity contribution is 5.41. The molecule has 0 aliphatic carbocycles. The molecular formula is C20H24F3NO3. The van der Waals surface area contributed by atoms with E-state index in [2.05, 4.69) is 5.32 Å². The number of aromatic hydroxyl groups is 1. The Morgan fingerprint density at radius 1 is 1.07 bits per heavy atom. The van der Waals surface area contributed by atoms with Crippen molar-refractivity contribution in [3.8, 4) is 11.5 Å². The number of alkyl halides is 3. The number of aliphatic hydroxyl groups is 1. The number of methoxy groups -OCH3 is 1. The van der Waals surface area contributed by atoms with E-state index in [1.54, 1.807) is 24.3 Å². The maximum atomic E-state index is 12.4. The molecular weight excluding hydrogens is 359 g/mol. The molecule has 0 amide bonds. The molecule has 2 aromatic rings. The van der Waals surface area contributed by atoms with Gasteiger partial charge < -0.3 is 20.3 Å². The molecule has 148 valence electrons. The zero-order chi connectivity index (χ0) is 19.9. The minimum atomic E-state index is -4.23. The van der Waals surface area contributed by atoms with Crippen molar-refractivity contribution in [3.05, 3.63) is 59.2 Å². The lowest BCUT2D eigenvalue weighted by Gasteiger charge is -2.23.